The van der Waals surface area contributed by atoms with Crippen LogP contribution in [0.1, 0.15) is 0 Å². The number of rotatable bonds is 3. The lowest BCUT2D eigenvalue weighted by atomic mass is 9.86. The first-order valence-electron chi connectivity index (χ1n) is 6.38. The van der Waals surface area contributed by atoms with E-state index in [4.69, 9.17) is 14.2 Å². The molecule has 22 heavy (non-hydrogen) atoms. The maximum atomic E-state index is 12.2. The lowest BCUT2D eigenvalue weighted by Crippen LogP contribution is -2.36. The molecule has 0 spiro atoms. The third kappa shape index (κ3) is 2.52. The number of carbonyl (C=O) groups excluding carboxylic acids is 3. The zero-order chi connectivity index (χ0) is 16.3. The molecule has 0 N–H and O–H groups in total. The van der Waals surface area contributed by atoms with Gasteiger partial charge in [-0.2, -0.15) is 0 Å². The van der Waals surface area contributed by atoms with Gasteiger partial charge in [-0.15, -0.1) is 0 Å². The average Bonchev–Trinajstić information content (AvgIpc) is 2.57. The van der Waals surface area contributed by atoms with E-state index in [1.165, 1.54) is 27.5 Å². The largest absolute Gasteiger partial charge is 0.468 e. The molecule has 2 aliphatic rings. The van der Waals surface area contributed by atoms with Crippen molar-refractivity contribution in [3.8, 4) is 0 Å². The summed E-state index contributed by atoms with van der Waals surface area (Å²) in [5, 5.41) is 0. The van der Waals surface area contributed by atoms with Gasteiger partial charge < -0.3 is 19.1 Å². The van der Waals surface area contributed by atoms with E-state index in [0.29, 0.717) is 5.70 Å². The molecule has 2 heterocycles. The normalized spacial score (nSPS) is 19.3. The molecule has 7 heteroatoms. The molecule has 0 amide bonds. The Labute approximate surface area is 127 Å². The van der Waals surface area contributed by atoms with E-state index >= 15 is 0 Å². The van der Waals surface area contributed by atoms with Crippen LogP contribution in [0.4, 0.5) is 0 Å². The first-order chi connectivity index (χ1) is 10.5. The first kappa shape index (κ1) is 15.6. The molecule has 0 radical (unpaired) electrons. The van der Waals surface area contributed by atoms with Crippen LogP contribution in [0.3, 0.4) is 0 Å². The van der Waals surface area contributed by atoms with Crippen molar-refractivity contribution in [2.45, 2.75) is 0 Å². The number of hydrogen-bond acceptors (Lipinski definition) is 7. The van der Waals surface area contributed by atoms with Crippen LogP contribution in [0.5, 0.6) is 0 Å². The molecule has 116 valence electrons. The predicted molar refractivity (Wildman–Crippen MR) is 74.8 cm³/mol. The minimum atomic E-state index is -1.20. The summed E-state index contributed by atoms with van der Waals surface area (Å²) in [5.74, 6) is -3.39. The van der Waals surface area contributed by atoms with Gasteiger partial charge in [0.25, 0.3) is 0 Å². The van der Waals surface area contributed by atoms with Gasteiger partial charge >= 0.3 is 17.9 Å². The van der Waals surface area contributed by atoms with Crippen LogP contribution in [0.2, 0.25) is 0 Å². The van der Waals surface area contributed by atoms with Crippen LogP contribution in [0.15, 0.2) is 47.5 Å². The molecule has 0 aliphatic carbocycles. The zero-order valence-corrected chi connectivity index (χ0v) is 12.4. The Morgan fingerprint density at radius 1 is 1.00 bits per heavy atom. The van der Waals surface area contributed by atoms with Crippen LogP contribution in [-0.2, 0) is 28.6 Å². The van der Waals surface area contributed by atoms with Crippen molar-refractivity contribution in [2.75, 3.05) is 21.3 Å². The molecule has 2 rings (SSSR count). The van der Waals surface area contributed by atoms with Gasteiger partial charge in [0.15, 0.2) is 0 Å². The molecule has 0 aromatic carbocycles. The molecule has 0 bridgehead atoms. The molecular formula is C15H15NO6. The van der Waals surface area contributed by atoms with Crippen LogP contribution in [0.25, 0.3) is 0 Å². The monoisotopic (exact) mass is 305 g/mol. The molecule has 0 saturated carbocycles. The summed E-state index contributed by atoms with van der Waals surface area (Å²) in [6.07, 6.45) is 8.17. The SMILES string of the molecule is COC(=O)C1=CN2C=CC=CC2=C(C(=O)OC)C1C(=O)OC. The number of methoxy groups -OCH3 is 3. The lowest BCUT2D eigenvalue weighted by Gasteiger charge is -2.31. The van der Waals surface area contributed by atoms with Gasteiger partial charge in [-0.25, -0.2) is 9.59 Å². The minimum Gasteiger partial charge on any atom is -0.468 e. The Hall–Kier alpha value is -2.83. The maximum absolute atomic E-state index is 12.2. The number of hydrogen-bond donors (Lipinski definition) is 0. The van der Waals surface area contributed by atoms with Crippen molar-refractivity contribution < 1.29 is 28.6 Å². The van der Waals surface area contributed by atoms with Gasteiger partial charge in [0, 0.05) is 12.4 Å². The van der Waals surface area contributed by atoms with E-state index in [9.17, 15) is 14.4 Å². The number of ether oxygens (including phenoxy) is 3. The van der Waals surface area contributed by atoms with Crippen LogP contribution in [-0.4, -0.2) is 44.1 Å². The third-order valence-electron chi connectivity index (χ3n) is 3.31. The van der Waals surface area contributed by atoms with Crippen molar-refractivity contribution >= 4 is 17.9 Å². The van der Waals surface area contributed by atoms with Crippen molar-refractivity contribution in [3.63, 3.8) is 0 Å². The van der Waals surface area contributed by atoms with E-state index in [0.717, 1.165) is 0 Å². The Morgan fingerprint density at radius 2 is 1.68 bits per heavy atom. The maximum Gasteiger partial charge on any atom is 0.337 e. The summed E-state index contributed by atoms with van der Waals surface area (Å²) in [7, 11) is 3.58. The second-order valence-electron chi connectivity index (χ2n) is 4.43. The van der Waals surface area contributed by atoms with Crippen molar-refractivity contribution in [1.29, 1.82) is 0 Å². The second kappa shape index (κ2) is 6.30. The molecule has 1 unspecified atom stereocenters. The molecule has 0 aromatic rings. The highest BCUT2D eigenvalue weighted by Gasteiger charge is 2.42. The molecule has 1 atom stereocenters. The standard InChI is InChI=1S/C15H15NO6/c1-20-13(17)9-8-16-7-5-4-6-10(16)12(15(19)22-3)11(9)14(18)21-2/h4-8,11H,1-3H3. The van der Waals surface area contributed by atoms with Gasteiger partial charge in [-0.3, -0.25) is 4.79 Å². The fourth-order valence-electron chi connectivity index (χ4n) is 2.31. The summed E-state index contributed by atoms with van der Waals surface area (Å²) >= 11 is 0. The highest BCUT2D eigenvalue weighted by molar-refractivity contribution is 6.05. The number of nitrogens with zero attached hydrogens (tertiary/aromatic N) is 1. The summed E-state index contributed by atoms with van der Waals surface area (Å²) < 4.78 is 14.2. The summed E-state index contributed by atoms with van der Waals surface area (Å²) in [5.41, 5.74) is 0.466. The third-order valence-corrected chi connectivity index (χ3v) is 3.31. The zero-order valence-electron chi connectivity index (χ0n) is 12.4. The van der Waals surface area contributed by atoms with Gasteiger partial charge in [-0.05, 0) is 12.2 Å². The van der Waals surface area contributed by atoms with Gasteiger partial charge in [0.05, 0.1) is 38.2 Å². The van der Waals surface area contributed by atoms with Gasteiger partial charge in [0.2, 0.25) is 0 Å². The predicted octanol–water partition coefficient (Wildman–Crippen LogP) is 0.659. The van der Waals surface area contributed by atoms with Gasteiger partial charge in [-0.1, -0.05) is 6.08 Å². The fraction of sp³-hybridized carbons (Fsp3) is 0.267. The van der Waals surface area contributed by atoms with Crippen LogP contribution < -0.4 is 0 Å². The van der Waals surface area contributed by atoms with Crippen LogP contribution in [0, 0.1) is 5.92 Å². The molecule has 2 aliphatic heterocycles. The topological polar surface area (TPSA) is 82.1 Å². The smallest absolute Gasteiger partial charge is 0.337 e. The summed E-state index contributed by atoms with van der Waals surface area (Å²) in [6, 6.07) is 0. The second-order valence-corrected chi connectivity index (χ2v) is 4.43. The first-order valence-corrected chi connectivity index (χ1v) is 6.38. The molecule has 0 saturated heterocycles. The quantitative estimate of drug-likeness (QED) is 0.559. The van der Waals surface area contributed by atoms with E-state index in [1.807, 2.05) is 0 Å². The van der Waals surface area contributed by atoms with E-state index in [-0.39, 0.29) is 11.1 Å². The summed E-state index contributed by atoms with van der Waals surface area (Å²) in [4.78, 5) is 37.8. The Kier molecular flexibility index (Phi) is 4.45. The number of esters is 3. The molecule has 0 aromatic heterocycles. The molecule has 0 fully saturated rings. The highest BCUT2D eigenvalue weighted by atomic mass is 16.5. The number of fused-ring (bicyclic) bond motifs is 1. The molecular weight excluding hydrogens is 290 g/mol. The fourth-order valence-corrected chi connectivity index (χ4v) is 2.31. The van der Waals surface area contributed by atoms with E-state index < -0.39 is 23.8 Å². The summed E-state index contributed by atoms with van der Waals surface area (Å²) in [6.45, 7) is 0. The average molecular weight is 305 g/mol. The van der Waals surface area contributed by atoms with Crippen molar-refractivity contribution in [1.82, 2.24) is 4.90 Å². The Bertz CT molecular complexity index is 640. The van der Waals surface area contributed by atoms with Gasteiger partial charge in [0.1, 0.15) is 5.92 Å². The Morgan fingerprint density at radius 3 is 2.27 bits per heavy atom. The van der Waals surface area contributed by atoms with E-state index in [1.54, 1.807) is 29.3 Å². The minimum absolute atomic E-state index is 0.00144. The number of carbonyl (C=O) groups is 3. The Balaban J connectivity index is 2.64. The van der Waals surface area contributed by atoms with E-state index in [2.05, 4.69) is 0 Å². The lowest BCUT2D eigenvalue weighted by molar-refractivity contribution is -0.148. The molecule has 7 nitrogen and oxygen atoms in total. The van der Waals surface area contributed by atoms with Crippen molar-refractivity contribution in [2.24, 2.45) is 5.92 Å². The highest BCUT2D eigenvalue weighted by Crippen LogP contribution is 2.35. The number of allylic oxidation sites excluding steroid dienone is 3. The van der Waals surface area contributed by atoms with Crippen molar-refractivity contribution in [3.05, 3.63) is 47.5 Å². The van der Waals surface area contributed by atoms with Crippen LogP contribution >= 0.6 is 0 Å².